The lowest BCUT2D eigenvalue weighted by Gasteiger charge is -2.43. The summed E-state index contributed by atoms with van der Waals surface area (Å²) in [5, 5.41) is -0.601. The van der Waals surface area contributed by atoms with E-state index in [9.17, 15) is 0 Å². The van der Waals surface area contributed by atoms with Crippen LogP contribution in [0.3, 0.4) is 0 Å². The highest BCUT2D eigenvalue weighted by Gasteiger charge is 2.66. The first-order valence-electron chi connectivity index (χ1n) is 17.9. The van der Waals surface area contributed by atoms with E-state index >= 15 is 0 Å². The maximum Gasteiger partial charge on any atom is 0.508 e. The van der Waals surface area contributed by atoms with Crippen molar-refractivity contribution in [2.24, 2.45) is 0 Å². The van der Waals surface area contributed by atoms with E-state index in [4.69, 9.17) is 53.1 Å². The van der Waals surface area contributed by atoms with Crippen LogP contribution in [0, 0.1) is 0 Å². The lowest BCUT2D eigenvalue weighted by Crippen LogP contribution is -2.64. The van der Waals surface area contributed by atoms with Crippen LogP contribution in [0.1, 0.15) is 95.9 Å². The Balaban J connectivity index is 6.69. The Kier molecular flexibility index (Phi) is 27.8. The predicted octanol–water partition coefficient (Wildman–Crippen LogP) is 6.51. The smallest absolute Gasteiger partial charge is 0.374 e. The van der Waals surface area contributed by atoms with Crippen molar-refractivity contribution in [3.05, 3.63) is 0 Å². The molecule has 0 amide bonds. The molecule has 0 aliphatic heterocycles. The molecule has 0 aliphatic rings. The lowest BCUT2D eigenvalue weighted by molar-refractivity contribution is 0.0308. The molecule has 0 saturated heterocycles. The molecule has 0 saturated carbocycles. The third-order valence-corrected chi connectivity index (χ3v) is 25.1. The van der Waals surface area contributed by atoms with Gasteiger partial charge in [-0.15, -0.1) is 0 Å². The van der Waals surface area contributed by atoms with Gasteiger partial charge in [-0.2, -0.15) is 11.8 Å². The molecule has 0 spiro atoms. The second-order valence-electron chi connectivity index (χ2n) is 9.91. The van der Waals surface area contributed by atoms with Crippen molar-refractivity contribution >= 4 is 47.0 Å². The number of thioether (sulfide) groups is 1. The van der Waals surface area contributed by atoms with Gasteiger partial charge in [0.15, 0.2) is 0 Å². The quantitative estimate of drug-likeness (QED) is 0.0525. The summed E-state index contributed by atoms with van der Waals surface area (Å²) in [5.74, 6) is 1.53. The Morgan fingerprint density at radius 3 is 0.574 bits per heavy atom. The standard InChI is InChI=1S/C30H70O12SSi4/c1-13-31-44(32-14-2,33-15-3)29(45(34-16-4,35-17-5)36-18-6)25-27-43-28-26-30(46(37-19-7,38-20-8)39-21-9)47(40-22-10,41-23-11)42-24-12/h29-30H,13-28H2,1-12H3. The van der Waals surface area contributed by atoms with Gasteiger partial charge in [0.1, 0.15) is 10.3 Å². The second kappa shape index (κ2) is 27.4. The Morgan fingerprint density at radius 2 is 0.447 bits per heavy atom. The Bertz CT molecular complexity index is 571. The molecule has 17 heteroatoms. The van der Waals surface area contributed by atoms with E-state index in [0.717, 1.165) is 11.5 Å². The molecular weight excluding hydrogens is 697 g/mol. The summed E-state index contributed by atoms with van der Waals surface area (Å²) < 4.78 is 77.5. The monoisotopic (exact) mass is 766 g/mol. The molecule has 0 atom stereocenters. The van der Waals surface area contributed by atoms with E-state index < -0.39 is 35.2 Å². The van der Waals surface area contributed by atoms with E-state index in [1.54, 1.807) is 0 Å². The zero-order valence-electron chi connectivity index (χ0n) is 31.8. The molecule has 0 heterocycles. The Labute approximate surface area is 296 Å². The molecule has 0 radical (unpaired) electrons. The third kappa shape index (κ3) is 14.4. The lowest BCUT2D eigenvalue weighted by atomic mass is 10.5. The summed E-state index contributed by atoms with van der Waals surface area (Å²) in [6.07, 6.45) is 1.34. The minimum atomic E-state index is -3.31. The average Bonchev–Trinajstić information content (AvgIpc) is 3.02. The minimum absolute atomic E-state index is 0.300. The molecule has 0 unspecified atom stereocenters. The van der Waals surface area contributed by atoms with Crippen LogP contribution in [0.25, 0.3) is 0 Å². The van der Waals surface area contributed by atoms with Gasteiger partial charge in [-0.05, 0) is 107 Å². The predicted molar refractivity (Wildman–Crippen MR) is 197 cm³/mol. The maximum atomic E-state index is 6.46. The maximum absolute atomic E-state index is 6.46. The molecule has 12 nitrogen and oxygen atoms in total. The average molecular weight is 767 g/mol. The largest absolute Gasteiger partial charge is 0.508 e. The number of hydrogen-bond acceptors (Lipinski definition) is 13. The van der Waals surface area contributed by atoms with Gasteiger partial charge < -0.3 is 53.1 Å². The molecule has 0 aromatic heterocycles. The van der Waals surface area contributed by atoms with Crippen molar-refractivity contribution in [1.29, 1.82) is 0 Å². The number of hydrogen-bond donors (Lipinski definition) is 0. The van der Waals surface area contributed by atoms with Crippen molar-refractivity contribution in [3.63, 3.8) is 0 Å². The normalized spacial score (nSPS) is 13.4. The number of rotatable bonds is 34. The summed E-state index contributed by atoms with van der Waals surface area (Å²) in [7, 11) is -13.2. The fourth-order valence-electron chi connectivity index (χ4n) is 5.77. The van der Waals surface area contributed by atoms with Gasteiger partial charge in [0, 0.05) is 79.3 Å². The fraction of sp³-hybridized carbons (Fsp3) is 1.00. The molecule has 0 fully saturated rings. The highest BCUT2D eigenvalue weighted by Crippen LogP contribution is 2.43. The summed E-state index contributed by atoms with van der Waals surface area (Å²) in [4.78, 5) is 0. The first kappa shape index (κ1) is 47.7. The fourth-order valence-corrected chi connectivity index (χ4v) is 24.3. The van der Waals surface area contributed by atoms with Gasteiger partial charge in [0.2, 0.25) is 0 Å². The Morgan fingerprint density at radius 1 is 0.298 bits per heavy atom. The summed E-state index contributed by atoms with van der Waals surface area (Å²) in [5.41, 5.74) is 0. The second-order valence-corrected chi connectivity index (χ2v) is 23.4. The van der Waals surface area contributed by atoms with E-state index in [1.165, 1.54) is 0 Å². The molecule has 0 rings (SSSR count). The highest BCUT2D eigenvalue weighted by atomic mass is 32.2. The Hall–Kier alpha value is 0.738. The minimum Gasteiger partial charge on any atom is -0.374 e. The molecule has 284 valence electrons. The van der Waals surface area contributed by atoms with Crippen LogP contribution in [0.5, 0.6) is 0 Å². The molecule has 0 N–H and O–H groups in total. The van der Waals surface area contributed by atoms with Crippen molar-refractivity contribution in [3.8, 4) is 0 Å². The SMILES string of the molecule is CCO[Si](OCC)(OCC)C(CCSCCC([Si](OCC)(OCC)OCC)[Si](OCC)(OCC)OCC)[Si](OCC)(OCC)OCC. The van der Waals surface area contributed by atoms with Crippen molar-refractivity contribution in [2.75, 3.05) is 90.8 Å². The van der Waals surface area contributed by atoms with Crippen LogP contribution in [-0.4, -0.2) is 126 Å². The topological polar surface area (TPSA) is 111 Å². The first-order chi connectivity index (χ1) is 22.7. The molecule has 0 aromatic rings. The van der Waals surface area contributed by atoms with E-state index in [1.807, 2.05) is 94.8 Å². The zero-order valence-corrected chi connectivity index (χ0v) is 36.6. The van der Waals surface area contributed by atoms with E-state index in [-0.39, 0.29) is 10.3 Å². The molecule has 0 bridgehead atoms. The van der Waals surface area contributed by atoms with E-state index in [0.29, 0.717) is 92.1 Å². The van der Waals surface area contributed by atoms with Gasteiger partial charge in [0.05, 0.1) is 0 Å². The molecule has 0 aliphatic carbocycles. The third-order valence-electron chi connectivity index (χ3n) is 6.96. The van der Waals surface area contributed by atoms with Gasteiger partial charge >= 0.3 is 35.2 Å². The van der Waals surface area contributed by atoms with Gasteiger partial charge in [-0.25, -0.2) is 0 Å². The summed E-state index contributed by atoms with van der Waals surface area (Å²) >= 11 is 1.81. The molecular formula is C30H70O12SSi4. The zero-order chi connectivity index (χ0) is 35.7. The summed E-state index contributed by atoms with van der Waals surface area (Å²) in [6, 6.07) is 0. The van der Waals surface area contributed by atoms with E-state index in [2.05, 4.69) is 0 Å². The van der Waals surface area contributed by atoms with Crippen LogP contribution in [-0.2, 0) is 53.1 Å². The van der Waals surface area contributed by atoms with Crippen LogP contribution in [0.4, 0.5) is 0 Å². The van der Waals surface area contributed by atoms with Gasteiger partial charge in [-0.1, -0.05) is 0 Å². The first-order valence-corrected chi connectivity index (χ1v) is 26.3. The highest BCUT2D eigenvalue weighted by molar-refractivity contribution is 7.99. The van der Waals surface area contributed by atoms with Crippen molar-refractivity contribution in [2.45, 2.75) is 106 Å². The van der Waals surface area contributed by atoms with Crippen LogP contribution in [0.15, 0.2) is 0 Å². The molecule has 47 heavy (non-hydrogen) atoms. The summed E-state index contributed by atoms with van der Waals surface area (Å²) in [6.45, 7) is 29.0. The van der Waals surface area contributed by atoms with Crippen LogP contribution in [0.2, 0.25) is 10.3 Å². The van der Waals surface area contributed by atoms with Crippen LogP contribution < -0.4 is 0 Å². The van der Waals surface area contributed by atoms with Gasteiger partial charge in [0.25, 0.3) is 0 Å². The van der Waals surface area contributed by atoms with Crippen LogP contribution >= 0.6 is 11.8 Å². The van der Waals surface area contributed by atoms with Crippen molar-refractivity contribution in [1.82, 2.24) is 0 Å². The van der Waals surface area contributed by atoms with Crippen molar-refractivity contribution < 1.29 is 53.1 Å². The molecule has 0 aromatic carbocycles. The van der Waals surface area contributed by atoms with Gasteiger partial charge in [-0.3, -0.25) is 0 Å².